The van der Waals surface area contributed by atoms with Crippen LogP contribution in [0, 0.1) is 18.3 Å². The van der Waals surface area contributed by atoms with E-state index in [9.17, 15) is 15.2 Å². The number of carboxylic acid groups (broad SMARTS) is 1. The van der Waals surface area contributed by atoms with E-state index >= 15 is 0 Å². The molecule has 0 saturated carbocycles. The lowest BCUT2D eigenvalue weighted by Gasteiger charge is -2.33. The number of benzene rings is 3. The highest BCUT2D eigenvalue weighted by atomic mass is 35.5. The first kappa shape index (κ1) is 29.1. The van der Waals surface area contributed by atoms with Crippen molar-refractivity contribution in [2.75, 3.05) is 6.54 Å². The zero-order valence-electron chi connectivity index (χ0n) is 23.4. The number of carboxylic acids is 1. The van der Waals surface area contributed by atoms with E-state index < -0.39 is 12.0 Å². The minimum absolute atomic E-state index is 0.235. The van der Waals surface area contributed by atoms with Crippen molar-refractivity contribution in [2.45, 2.75) is 52.0 Å². The molecule has 1 fully saturated rings. The Morgan fingerprint density at radius 1 is 1.02 bits per heavy atom. The maximum absolute atomic E-state index is 11.9. The lowest BCUT2D eigenvalue weighted by Crippen LogP contribution is -2.44. The van der Waals surface area contributed by atoms with Gasteiger partial charge in [-0.1, -0.05) is 48.4 Å². The van der Waals surface area contributed by atoms with E-state index in [0.29, 0.717) is 48.2 Å². The molecule has 214 valence electrons. The second-order valence-corrected chi connectivity index (χ2v) is 10.8. The smallest absolute Gasteiger partial charge is 0.320 e. The summed E-state index contributed by atoms with van der Waals surface area (Å²) >= 11 is 6.75. The molecule has 7 nitrogen and oxygen atoms in total. The summed E-state index contributed by atoms with van der Waals surface area (Å²) in [5, 5.41) is 19.5. The van der Waals surface area contributed by atoms with Gasteiger partial charge >= 0.3 is 5.97 Å². The molecule has 0 bridgehead atoms. The van der Waals surface area contributed by atoms with Crippen LogP contribution < -0.4 is 9.47 Å². The highest BCUT2D eigenvalue weighted by Gasteiger charge is 2.29. The zero-order valence-corrected chi connectivity index (χ0v) is 24.2. The van der Waals surface area contributed by atoms with Gasteiger partial charge in [-0.2, -0.15) is 5.26 Å². The number of hydrogen-bond acceptors (Lipinski definition) is 6. The van der Waals surface area contributed by atoms with E-state index in [2.05, 4.69) is 24.0 Å². The highest BCUT2D eigenvalue weighted by molar-refractivity contribution is 6.32. The van der Waals surface area contributed by atoms with E-state index in [-0.39, 0.29) is 6.61 Å². The van der Waals surface area contributed by atoms with Crippen LogP contribution in [0.5, 0.6) is 11.5 Å². The Morgan fingerprint density at radius 2 is 1.81 bits per heavy atom. The number of ether oxygens (including phenoxy) is 2. The SMILES string of the molecule is Cc1c(COc2cc(OCc3cccc(C#N)c3)c(CN3CCCC[C@H]3C(=O)O)cc2Cl)cccc1-c1ccncc1. The van der Waals surface area contributed by atoms with Gasteiger partial charge in [-0.05, 0) is 84.5 Å². The lowest BCUT2D eigenvalue weighted by atomic mass is 9.97. The molecule has 42 heavy (non-hydrogen) atoms. The topological polar surface area (TPSA) is 95.7 Å². The van der Waals surface area contributed by atoms with Gasteiger partial charge in [0.2, 0.25) is 0 Å². The molecule has 1 aliphatic rings. The summed E-state index contributed by atoms with van der Waals surface area (Å²) < 4.78 is 12.5. The van der Waals surface area contributed by atoms with Crippen molar-refractivity contribution in [1.82, 2.24) is 9.88 Å². The van der Waals surface area contributed by atoms with Crippen molar-refractivity contribution in [3.8, 4) is 28.7 Å². The molecule has 1 saturated heterocycles. The van der Waals surface area contributed by atoms with Crippen LogP contribution in [0.15, 0.2) is 79.1 Å². The van der Waals surface area contributed by atoms with Gasteiger partial charge < -0.3 is 14.6 Å². The fourth-order valence-electron chi connectivity index (χ4n) is 5.35. The maximum Gasteiger partial charge on any atom is 0.320 e. The number of carbonyl (C=O) groups is 1. The molecule has 1 atom stereocenters. The fourth-order valence-corrected chi connectivity index (χ4v) is 5.60. The molecular formula is C34H32ClN3O4. The molecule has 4 aromatic rings. The molecule has 8 heteroatoms. The summed E-state index contributed by atoms with van der Waals surface area (Å²) in [6, 6.07) is 22.5. The average Bonchev–Trinajstić information content (AvgIpc) is 3.01. The van der Waals surface area contributed by atoms with Gasteiger partial charge in [0.05, 0.1) is 16.7 Å². The number of piperidine rings is 1. The van der Waals surface area contributed by atoms with Crippen LogP contribution in [0.2, 0.25) is 5.02 Å². The third-order valence-electron chi connectivity index (χ3n) is 7.66. The molecule has 5 rings (SSSR count). The minimum atomic E-state index is -0.819. The van der Waals surface area contributed by atoms with E-state index in [1.54, 1.807) is 30.6 Å². The van der Waals surface area contributed by atoms with Crippen LogP contribution in [0.25, 0.3) is 11.1 Å². The Kier molecular flexibility index (Phi) is 9.38. The molecule has 1 aliphatic heterocycles. The van der Waals surface area contributed by atoms with Crippen LogP contribution in [0.1, 0.15) is 47.1 Å². The molecule has 0 spiro atoms. The first-order chi connectivity index (χ1) is 20.4. The Labute approximate surface area is 250 Å². The van der Waals surface area contributed by atoms with Crippen molar-refractivity contribution in [2.24, 2.45) is 0 Å². The Balaban J connectivity index is 1.41. The number of hydrogen-bond donors (Lipinski definition) is 1. The van der Waals surface area contributed by atoms with Crippen molar-refractivity contribution >= 4 is 17.6 Å². The van der Waals surface area contributed by atoms with Gasteiger partial charge in [-0.15, -0.1) is 0 Å². The fraction of sp³-hybridized carbons (Fsp3) is 0.265. The predicted molar refractivity (Wildman–Crippen MR) is 161 cm³/mol. The maximum atomic E-state index is 11.9. The Hall–Kier alpha value is -4.38. The standard InChI is InChI=1S/C34H32ClN3O4/c1-23-27(8-5-9-29(23)26-11-13-37-14-12-26)22-42-33-18-32(41-21-25-7-4-6-24(16-25)19-36)28(17-30(33)35)20-38-15-3-2-10-31(38)34(39)40/h4-9,11-14,16-18,31H,2-3,10,15,20-22H2,1H3,(H,39,40)/t31-/m0/s1. The van der Waals surface area contributed by atoms with Crippen LogP contribution >= 0.6 is 11.6 Å². The summed E-state index contributed by atoms with van der Waals surface area (Å²) in [4.78, 5) is 18.0. The second kappa shape index (κ2) is 13.5. The summed E-state index contributed by atoms with van der Waals surface area (Å²) in [5.41, 5.74) is 6.51. The normalized spacial score (nSPS) is 15.1. The van der Waals surface area contributed by atoms with Gasteiger partial charge in [0, 0.05) is 30.6 Å². The third-order valence-corrected chi connectivity index (χ3v) is 7.95. The average molecular weight is 582 g/mol. The van der Waals surface area contributed by atoms with Crippen molar-refractivity contribution in [3.63, 3.8) is 0 Å². The minimum Gasteiger partial charge on any atom is -0.488 e. The Morgan fingerprint density at radius 3 is 2.60 bits per heavy atom. The van der Waals surface area contributed by atoms with Gasteiger partial charge in [-0.3, -0.25) is 14.7 Å². The third kappa shape index (κ3) is 6.91. The summed E-state index contributed by atoms with van der Waals surface area (Å²) in [7, 11) is 0. The summed E-state index contributed by atoms with van der Waals surface area (Å²) in [6.45, 7) is 3.68. The molecule has 2 heterocycles. The number of likely N-dealkylation sites (tertiary alicyclic amines) is 1. The molecular weight excluding hydrogens is 550 g/mol. The number of pyridine rings is 1. The van der Waals surface area contributed by atoms with Crippen LogP contribution in [0.3, 0.4) is 0 Å². The van der Waals surface area contributed by atoms with E-state index in [4.69, 9.17) is 21.1 Å². The lowest BCUT2D eigenvalue weighted by molar-refractivity contribution is -0.144. The van der Waals surface area contributed by atoms with E-state index in [1.165, 1.54) is 0 Å². The van der Waals surface area contributed by atoms with Gasteiger partial charge in [-0.25, -0.2) is 0 Å². The van der Waals surface area contributed by atoms with E-state index in [0.717, 1.165) is 46.2 Å². The summed E-state index contributed by atoms with van der Waals surface area (Å²) in [6.07, 6.45) is 5.99. The zero-order chi connectivity index (χ0) is 29.5. The summed E-state index contributed by atoms with van der Waals surface area (Å²) in [5.74, 6) is 0.220. The second-order valence-electron chi connectivity index (χ2n) is 10.4. The predicted octanol–water partition coefficient (Wildman–Crippen LogP) is 7.18. The van der Waals surface area contributed by atoms with Gasteiger partial charge in [0.15, 0.2) is 0 Å². The molecule has 1 N–H and O–H groups in total. The van der Waals surface area contributed by atoms with Crippen LogP contribution in [-0.2, 0) is 24.6 Å². The number of aliphatic carboxylic acids is 1. The van der Waals surface area contributed by atoms with Crippen molar-refractivity contribution in [1.29, 1.82) is 5.26 Å². The molecule has 3 aromatic carbocycles. The first-order valence-corrected chi connectivity index (χ1v) is 14.3. The number of nitrogens with zero attached hydrogens (tertiary/aromatic N) is 3. The number of aromatic nitrogens is 1. The largest absolute Gasteiger partial charge is 0.488 e. The molecule has 0 unspecified atom stereocenters. The molecule has 0 amide bonds. The molecule has 0 aliphatic carbocycles. The van der Waals surface area contributed by atoms with Gasteiger partial charge in [0.1, 0.15) is 30.8 Å². The number of rotatable bonds is 10. The monoisotopic (exact) mass is 581 g/mol. The first-order valence-electron chi connectivity index (χ1n) is 14.0. The van der Waals surface area contributed by atoms with E-state index in [1.807, 2.05) is 47.4 Å². The van der Waals surface area contributed by atoms with Crippen LogP contribution in [0.4, 0.5) is 0 Å². The number of halogens is 1. The molecule has 1 aromatic heterocycles. The van der Waals surface area contributed by atoms with Gasteiger partial charge in [0.25, 0.3) is 0 Å². The Bertz CT molecular complexity index is 1600. The molecule has 0 radical (unpaired) electrons. The van der Waals surface area contributed by atoms with Crippen molar-refractivity contribution in [3.05, 3.63) is 112 Å². The van der Waals surface area contributed by atoms with Crippen molar-refractivity contribution < 1.29 is 19.4 Å². The number of nitriles is 1. The van der Waals surface area contributed by atoms with Crippen LogP contribution in [-0.4, -0.2) is 33.5 Å². The quantitative estimate of drug-likeness (QED) is 0.212. The highest BCUT2D eigenvalue weighted by Crippen LogP contribution is 2.36.